The van der Waals surface area contributed by atoms with Crippen LogP contribution in [-0.2, 0) is 4.79 Å². The van der Waals surface area contributed by atoms with Gasteiger partial charge in [0, 0.05) is 17.8 Å². The summed E-state index contributed by atoms with van der Waals surface area (Å²) in [5.41, 5.74) is 2.78. The molecule has 26 heavy (non-hydrogen) atoms. The first-order valence-corrected chi connectivity index (χ1v) is 9.30. The zero-order valence-electron chi connectivity index (χ0n) is 14.9. The lowest BCUT2D eigenvalue weighted by atomic mass is 9.91. The van der Waals surface area contributed by atoms with E-state index in [1.165, 1.54) is 5.56 Å². The minimum absolute atomic E-state index is 0.00499. The van der Waals surface area contributed by atoms with Gasteiger partial charge in [0.05, 0.1) is 24.7 Å². The molecule has 1 aromatic heterocycles. The molecule has 0 bridgehead atoms. The van der Waals surface area contributed by atoms with E-state index in [1.54, 1.807) is 6.07 Å². The average Bonchev–Trinajstić information content (AvgIpc) is 3.20. The highest BCUT2D eigenvalue weighted by Crippen LogP contribution is 2.30. The third kappa shape index (κ3) is 3.36. The minimum atomic E-state index is -0.220. The van der Waals surface area contributed by atoms with Crippen LogP contribution in [0.25, 0.3) is 0 Å². The van der Waals surface area contributed by atoms with Crippen LogP contribution in [0.1, 0.15) is 65.7 Å². The molecule has 0 saturated heterocycles. The summed E-state index contributed by atoms with van der Waals surface area (Å²) in [5, 5.41) is 10.5. The number of rotatable bonds is 4. The van der Waals surface area contributed by atoms with Gasteiger partial charge < -0.3 is 10.6 Å². The second kappa shape index (κ2) is 6.94. The maximum Gasteiger partial charge on any atom is 0.252 e. The van der Waals surface area contributed by atoms with Gasteiger partial charge in [-0.1, -0.05) is 18.2 Å². The summed E-state index contributed by atoms with van der Waals surface area (Å²) in [6, 6.07) is 7.90. The molecule has 2 aliphatic rings. The number of carbonyl (C=O) groups is 2. The van der Waals surface area contributed by atoms with Crippen LogP contribution in [0.4, 0.5) is 0 Å². The Balaban J connectivity index is 1.29. The lowest BCUT2D eigenvalue weighted by Gasteiger charge is -2.29. The van der Waals surface area contributed by atoms with Crippen molar-refractivity contribution in [1.82, 2.24) is 20.4 Å². The van der Waals surface area contributed by atoms with Crippen LogP contribution in [0.3, 0.4) is 0 Å². The summed E-state index contributed by atoms with van der Waals surface area (Å²) in [7, 11) is 0. The van der Waals surface area contributed by atoms with Crippen molar-refractivity contribution < 1.29 is 9.59 Å². The van der Waals surface area contributed by atoms with Crippen LogP contribution in [0, 0.1) is 6.92 Å². The van der Waals surface area contributed by atoms with Gasteiger partial charge in [-0.3, -0.25) is 14.3 Å². The molecule has 1 aromatic carbocycles. The molecular formula is C20H24N4O2. The average molecular weight is 352 g/mol. The van der Waals surface area contributed by atoms with E-state index >= 15 is 0 Å². The number of fused-ring (bicyclic) bond motifs is 1. The van der Waals surface area contributed by atoms with Crippen molar-refractivity contribution in [3.63, 3.8) is 0 Å². The van der Waals surface area contributed by atoms with Crippen molar-refractivity contribution in [2.45, 2.75) is 57.2 Å². The number of carbonyl (C=O) groups excluding carboxylic acids is 2. The molecule has 2 aromatic rings. The number of hydrogen-bond donors (Lipinski definition) is 2. The lowest BCUT2D eigenvalue weighted by Crippen LogP contribution is -2.39. The zero-order chi connectivity index (χ0) is 18.1. The highest BCUT2D eigenvalue weighted by Gasteiger charge is 2.30. The van der Waals surface area contributed by atoms with Gasteiger partial charge in [0.1, 0.15) is 0 Å². The Kier molecular flexibility index (Phi) is 4.49. The molecule has 0 radical (unpaired) electrons. The van der Waals surface area contributed by atoms with E-state index < -0.39 is 0 Å². The van der Waals surface area contributed by atoms with Gasteiger partial charge in [0.15, 0.2) is 0 Å². The monoisotopic (exact) mass is 352 g/mol. The van der Waals surface area contributed by atoms with Crippen LogP contribution in [0.5, 0.6) is 0 Å². The Morgan fingerprint density at radius 2 is 2.04 bits per heavy atom. The molecule has 6 nitrogen and oxygen atoms in total. The minimum Gasteiger partial charge on any atom is -0.353 e. The largest absolute Gasteiger partial charge is 0.353 e. The van der Waals surface area contributed by atoms with Crippen LogP contribution in [0.15, 0.2) is 36.7 Å². The van der Waals surface area contributed by atoms with Crippen molar-refractivity contribution in [3.8, 4) is 0 Å². The molecule has 2 heterocycles. The summed E-state index contributed by atoms with van der Waals surface area (Å²) < 4.78 is 2.05. The van der Waals surface area contributed by atoms with Crippen molar-refractivity contribution in [2.75, 3.05) is 0 Å². The smallest absolute Gasteiger partial charge is 0.252 e. The van der Waals surface area contributed by atoms with E-state index in [0.29, 0.717) is 18.0 Å². The number of hydrogen-bond acceptors (Lipinski definition) is 3. The van der Waals surface area contributed by atoms with Crippen molar-refractivity contribution in [1.29, 1.82) is 0 Å². The third-order valence-corrected chi connectivity index (χ3v) is 5.44. The molecule has 1 fully saturated rings. The number of aryl methyl sites for hydroxylation is 1. The third-order valence-electron chi connectivity index (χ3n) is 5.44. The molecule has 2 amide bonds. The first-order chi connectivity index (χ1) is 12.6. The van der Waals surface area contributed by atoms with Crippen molar-refractivity contribution in [3.05, 3.63) is 53.3 Å². The van der Waals surface area contributed by atoms with Crippen molar-refractivity contribution in [2.24, 2.45) is 0 Å². The Morgan fingerprint density at radius 3 is 2.77 bits per heavy atom. The fraction of sp³-hybridized carbons (Fsp3) is 0.450. The maximum atomic E-state index is 12.5. The second-order valence-electron chi connectivity index (χ2n) is 7.39. The predicted molar refractivity (Wildman–Crippen MR) is 97.7 cm³/mol. The highest BCUT2D eigenvalue weighted by molar-refractivity contribution is 5.99. The first kappa shape index (κ1) is 16.8. The van der Waals surface area contributed by atoms with E-state index in [1.807, 2.05) is 24.4 Å². The summed E-state index contributed by atoms with van der Waals surface area (Å²) in [6.45, 7) is 2.05. The maximum absolute atomic E-state index is 12.5. The molecule has 6 heteroatoms. The van der Waals surface area contributed by atoms with Crippen LogP contribution < -0.4 is 10.6 Å². The first-order valence-electron chi connectivity index (χ1n) is 9.30. The van der Waals surface area contributed by atoms with Gasteiger partial charge in [-0.25, -0.2) is 0 Å². The number of nitrogens with one attached hydrogen (secondary N) is 2. The molecule has 4 rings (SSSR count). The highest BCUT2D eigenvalue weighted by atomic mass is 16.2. The standard InChI is InChI=1S/C20H24N4O2/c1-13-11-21-24(12-13)15-8-6-14(7-9-15)22-19(25)10-18-16-4-2-3-5-17(16)20(26)23-18/h2-5,11-12,14-15,18H,6-10H2,1H3,(H,22,25)(H,23,26). The van der Waals surface area contributed by atoms with Crippen LogP contribution >= 0.6 is 0 Å². The van der Waals surface area contributed by atoms with Gasteiger partial charge in [-0.05, 0) is 49.8 Å². The summed E-state index contributed by atoms with van der Waals surface area (Å²) in [4.78, 5) is 24.4. The fourth-order valence-corrected chi connectivity index (χ4v) is 4.07. The van der Waals surface area contributed by atoms with Crippen LogP contribution in [0.2, 0.25) is 0 Å². The van der Waals surface area contributed by atoms with Gasteiger partial charge in [-0.2, -0.15) is 5.10 Å². The van der Waals surface area contributed by atoms with Crippen molar-refractivity contribution >= 4 is 11.8 Å². The number of aromatic nitrogens is 2. The topological polar surface area (TPSA) is 76.0 Å². The lowest BCUT2D eigenvalue weighted by molar-refractivity contribution is -0.122. The number of nitrogens with zero attached hydrogens (tertiary/aromatic N) is 2. The van der Waals surface area contributed by atoms with E-state index in [0.717, 1.165) is 31.2 Å². The summed E-state index contributed by atoms with van der Waals surface area (Å²) in [6.07, 6.45) is 8.24. The van der Waals surface area contributed by atoms with Crippen LogP contribution in [-0.4, -0.2) is 27.6 Å². The molecule has 1 aliphatic heterocycles. The van der Waals surface area contributed by atoms with Gasteiger partial charge in [-0.15, -0.1) is 0 Å². The Labute approximate surface area is 153 Å². The molecule has 2 N–H and O–H groups in total. The second-order valence-corrected chi connectivity index (χ2v) is 7.39. The van der Waals surface area contributed by atoms with E-state index in [-0.39, 0.29) is 23.9 Å². The molecule has 136 valence electrons. The Hall–Kier alpha value is -2.63. The van der Waals surface area contributed by atoms with Gasteiger partial charge in [0.2, 0.25) is 5.91 Å². The summed E-state index contributed by atoms with van der Waals surface area (Å²) >= 11 is 0. The number of amides is 2. The Morgan fingerprint density at radius 1 is 1.27 bits per heavy atom. The van der Waals surface area contributed by atoms with E-state index in [2.05, 4.69) is 33.5 Å². The quantitative estimate of drug-likeness (QED) is 0.888. The fourth-order valence-electron chi connectivity index (χ4n) is 4.07. The Bertz CT molecular complexity index is 821. The zero-order valence-corrected chi connectivity index (χ0v) is 14.9. The van der Waals surface area contributed by atoms with Gasteiger partial charge in [0.25, 0.3) is 5.91 Å². The molecular weight excluding hydrogens is 328 g/mol. The molecule has 1 aliphatic carbocycles. The van der Waals surface area contributed by atoms with E-state index in [4.69, 9.17) is 0 Å². The van der Waals surface area contributed by atoms with Gasteiger partial charge >= 0.3 is 0 Å². The predicted octanol–water partition coefficient (Wildman–Crippen LogP) is 2.67. The normalized spacial score (nSPS) is 24.8. The summed E-state index contributed by atoms with van der Waals surface area (Å²) in [5.74, 6) is -0.0844. The molecule has 1 saturated carbocycles. The number of benzene rings is 1. The SMILES string of the molecule is Cc1cnn(C2CCC(NC(=O)CC3NC(=O)c4ccccc43)CC2)c1. The van der Waals surface area contributed by atoms with E-state index in [9.17, 15) is 9.59 Å². The molecule has 1 unspecified atom stereocenters. The molecule has 1 atom stereocenters. The molecule has 0 spiro atoms.